The van der Waals surface area contributed by atoms with E-state index in [1.165, 1.54) is 36.4 Å². The third kappa shape index (κ3) is 8.14. The van der Waals surface area contributed by atoms with Crippen LogP contribution in [-0.4, -0.2) is 68.1 Å². The Morgan fingerprint density at radius 2 is 1.77 bits per heavy atom. The van der Waals surface area contributed by atoms with Crippen LogP contribution in [0.4, 0.5) is 30.4 Å². The highest BCUT2D eigenvalue weighted by atomic mass is 19.4. The first-order valence-electron chi connectivity index (χ1n) is 12.7. The molecule has 210 valence electrons. The number of piperazine rings is 1. The molecule has 1 fully saturated rings. The molecule has 2 heterocycles. The van der Waals surface area contributed by atoms with E-state index in [0.717, 1.165) is 50.5 Å². The first kappa shape index (κ1) is 28.8. The van der Waals surface area contributed by atoms with Crippen molar-refractivity contribution in [2.75, 3.05) is 62.0 Å². The Morgan fingerprint density at radius 3 is 2.48 bits per heavy atom. The molecule has 8 nitrogen and oxygen atoms in total. The summed E-state index contributed by atoms with van der Waals surface area (Å²) < 4.78 is 44.0. The Bertz CT molecular complexity index is 1340. The van der Waals surface area contributed by atoms with Gasteiger partial charge in [-0.15, -0.1) is 0 Å². The van der Waals surface area contributed by atoms with Crippen LogP contribution in [0.3, 0.4) is 0 Å². The minimum absolute atomic E-state index is 0.0306. The van der Waals surface area contributed by atoms with Crippen LogP contribution in [0, 0.1) is 0 Å². The van der Waals surface area contributed by atoms with Gasteiger partial charge in [-0.05, 0) is 54.1 Å². The van der Waals surface area contributed by atoms with E-state index in [1.54, 1.807) is 31.5 Å². The van der Waals surface area contributed by atoms with Crippen LogP contribution in [0.5, 0.6) is 0 Å². The van der Waals surface area contributed by atoms with Crippen LogP contribution in [0.2, 0.25) is 0 Å². The summed E-state index contributed by atoms with van der Waals surface area (Å²) in [6.45, 7) is 5.29. The van der Waals surface area contributed by atoms with Crippen molar-refractivity contribution in [3.63, 3.8) is 0 Å². The largest absolute Gasteiger partial charge is 0.416 e. The van der Waals surface area contributed by atoms with E-state index in [2.05, 4.69) is 25.4 Å². The molecule has 1 aliphatic rings. The van der Waals surface area contributed by atoms with Crippen molar-refractivity contribution in [3.05, 3.63) is 89.6 Å². The Hall–Kier alpha value is -4.22. The minimum atomic E-state index is -4.51. The smallest absolute Gasteiger partial charge is 0.383 e. The molecule has 0 spiro atoms. The molecule has 2 amide bonds. The zero-order valence-electron chi connectivity index (χ0n) is 21.9. The lowest BCUT2D eigenvalue weighted by Gasteiger charge is -2.35. The average Bonchev–Trinajstić information content (AvgIpc) is 2.95. The zero-order valence-corrected chi connectivity index (χ0v) is 21.9. The van der Waals surface area contributed by atoms with E-state index in [9.17, 15) is 22.8 Å². The summed E-state index contributed by atoms with van der Waals surface area (Å²) in [6.07, 6.45) is 0.0761. The van der Waals surface area contributed by atoms with Crippen molar-refractivity contribution in [2.24, 2.45) is 0 Å². The number of nitrogens with one attached hydrogen (secondary N) is 2. The number of ether oxygens (including phenoxy) is 1. The lowest BCUT2D eigenvalue weighted by molar-refractivity contribution is -0.137. The number of hydrogen-bond acceptors (Lipinski definition) is 6. The Kier molecular flexibility index (Phi) is 9.52. The fourth-order valence-electron chi connectivity index (χ4n) is 4.20. The van der Waals surface area contributed by atoms with Gasteiger partial charge in [0, 0.05) is 57.2 Å². The topological polar surface area (TPSA) is 86.8 Å². The number of aromatic nitrogens is 1. The van der Waals surface area contributed by atoms with Gasteiger partial charge in [-0.1, -0.05) is 18.2 Å². The van der Waals surface area contributed by atoms with Gasteiger partial charge in [0.25, 0.3) is 5.91 Å². The molecule has 2 aromatic carbocycles. The molecule has 1 aliphatic heterocycles. The number of anilines is 3. The third-order valence-corrected chi connectivity index (χ3v) is 6.37. The number of carbonyl (C=O) groups is 2. The first-order valence-corrected chi connectivity index (χ1v) is 12.7. The number of nitrogens with zero attached hydrogens (tertiary/aromatic N) is 3. The van der Waals surface area contributed by atoms with Crippen molar-refractivity contribution in [1.29, 1.82) is 0 Å². The second-order valence-electron chi connectivity index (χ2n) is 9.20. The van der Waals surface area contributed by atoms with Crippen molar-refractivity contribution in [2.45, 2.75) is 6.18 Å². The molecule has 0 bridgehead atoms. The van der Waals surface area contributed by atoms with E-state index in [1.807, 2.05) is 6.07 Å². The second kappa shape index (κ2) is 13.2. The van der Waals surface area contributed by atoms with Crippen LogP contribution >= 0.6 is 0 Å². The zero-order chi connectivity index (χ0) is 28.5. The number of methoxy groups -OCH3 is 1. The van der Waals surface area contributed by atoms with Crippen molar-refractivity contribution in [1.82, 2.24) is 9.88 Å². The van der Waals surface area contributed by atoms with Gasteiger partial charge < -0.3 is 20.3 Å². The number of amides is 2. The number of benzene rings is 2. The van der Waals surface area contributed by atoms with Crippen molar-refractivity contribution < 1.29 is 27.5 Å². The molecule has 1 saturated heterocycles. The van der Waals surface area contributed by atoms with Gasteiger partial charge >= 0.3 is 6.18 Å². The monoisotopic (exact) mass is 553 g/mol. The molecular formula is C29H30F3N5O3. The summed E-state index contributed by atoms with van der Waals surface area (Å²) in [5.74, 6) is -0.558. The molecule has 4 rings (SSSR count). The predicted molar refractivity (Wildman–Crippen MR) is 148 cm³/mol. The quantitative estimate of drug-likeness (QED) is 0.371. The molecule has 3 aromatic rings. The normalized spacial score (nSPS) is 14.3. The maximum atomic E-state index is 12.9. The summed E-state index contributed by atoms with van der Waals surface area (Å²) >= 11 is 0. The summed E-state index contributed by atoms with van der Waals surface area (Å²) in [4.78, 5) is 34.0. The molecule has 0 radical (unpaired) electrons. The molecule has 0 aliphatic carbocycles. The van der Waals surface area contributed by atoms with E-state index in [0.29, 0.717) is 18.0 Å². The summed E-state index contributed by atoms with van der Waals surface area (Å²) in [7, 11) is 1.70. The second-order valence-corrected chi connectivity index (χ2v) is 9.20. The highest BCUT2D eigenvalue weighted by Gasteiger charge is 2.30. The van der Waals surface area contributed by atoms with Crippen LogP contribution < -0.4 is 15.5 Å². The highest BCUT2D eigenvalue weighted by molar-refractivity contribution is 6.05. The maximum absolute atomic E-state index is 12.9. The number of hydrogen-bond donors (Lipinski definition) is 2. The first-order chi connectivity index (χ1) is 19.2. The van der Waals surface area contributed by atoms with Gasteiger partial charge in [-0.25, -0.2) is 4.98 Å². The van der Waals surface area contributed by atoms with Gasteiger partial charge in [0.2, 0.25) is 5.91 Å². The van der Waals surface area contributed by atoms with Gasteiger partial charge in [0.05, 0.1) is 24.1 Å². The number of rotatable bonds is 9. The van der Waals surface area contributed by atoms with Crippen molar-refractivity contribution >= 4 is 35.1 Å². The molecule has 11 heteroatoms. The molecule has 2 N–H and O–H groups in total. The van der Waals surface area contributed by atoms with E-state index in [-0.39, 0.29) is 11.3 Å². The Morgan fingerprint density at radius 1 is 1.00 bits per heavy atom. The molecule has 0 atom stereocenters. The maximum Gasteiger partial charge on any atom is 0.416 e. The Labute approximate surface area is 230 Å². The average molecular weight is 554 g/mol. The summed E-state index contributed by atoms with van der Waals surface area (Å²) in [6, 6.07) is 14.5. The SMILES string of the molecule is COCCN1CCN(c2ccc(NC(=O)/C=C/c3cccc(C(=O)Nc4cccc(C(F)(F)F)c4)c3)nc2)CC1. The highest BCUT2D eigenvalue weighted by Crippen LogP contribution is 2.30. The predicted octanol–water partition coefficient (Wildman–Crippen LogP) is 4.77. The van der Waals surface area contributed by atoms with Crippen LogP contribution in [0.15, 0.2) is 72.9 Å². The van der Waals surface area contributed by atoms with Crippen molar-refractivity contribution in [3.8, 4) is 0 Å². The lowest BCUT2D eigenvalue weighted by Crippen LogP contribution is -2.47. The Balaban J connectivity index is 1.30. The molecule has 0 saturated carbocycles. The number of alkyl halides is 3. The molecule has 0 unspecified atom stereocenters. The lowest BCUT2D eigenvalue weighted by atomic mass is 10.1. The molecule has 1 aromatic heterocycles. The van der Waals surface area contributed by atoms with Gasteiger partial charge in [-0.2, -0.15) is 13.2 Å². The van der Waals surface area contributed by atoms with Crippen LogP contribution in [0.25, 0.3) is 6.08 Å². The minimum Gasteiger partial charge on any atom is -0.383 e. The molecular weight excluding hydrogens is 523 g/mol. The van der Waals surface area contributed by atoms with Crippen LogP contribution in [-0.2, 0) is 15.7 Å². The van der Waals surface area contributed by atoms with Crippen LogP contribution in [0.1, 0.15) is 21.5 Å². The molecule has 40 heavy (non-hydrogen) atoms. The standard InChI is InChI=1S/C29H30F3N5O3/c1-40-17-16-36-12-14-37(15-13-36)25-9-10-26(33-20-25)35-27(38)11-8-21-4-2-5-22(18-21)28(39)34-24-7-3-6-23(19-24)29(30,31)32/h2-11,18-20H,12-17H2,1H3,(H,34,39)(H,33,35,38)/b11-8+. The number of halogens is 3. The van der Waals surface area contributed by atoms with E-state index >= 15 is 0 Å². The third-order valence-electron chi connectivity index (χ3n) is 6.37. The van der Waals surface area contributed by atoms with Gasteiger partial charge in [0.15, 0.2) is 0 Å². The van der Waals surface area contributed by atoms with Gasteiger partial charge in [-0.3, -0.25) is 14.5 Å². The number of pyridine rings is 1. The van der Waals surface area contributed by atoms with E-state index in [4.69, 9.17) is 4.74 Å². The fraction of sp³-hybridized carbons (Fsp3) is 0.276. The summed E-state index contributed by atoms with van der Waals surface area (Å²) in [5, 5.41) is 5.18. The summed E-state index contributed by atoms with van der Waals surface area (Å²) in [5.41, 5.74) is 0.966. The van der Waals surface area contributed by atoms with E-state index < -0.39 is 23.6 Å². The number of carbonyl (C=O) groups excluding carboxylic acids is 2. The fourth-order valence-corrected chi connectivity index (χ4v) is 4.20. The van der Waals surface area contributed by atoms with Gasteiger partial charge in [0.1, 0.15) is 5.82 Å².